The predicted octanol–water partition coefficient (Wildman–Crippen LogP) is 1.16. The molecule has 0 bridgehead atoms. The summed E-state index contributed by atoms with van der Waals surface area (Å²) in [6, 6.07) is 5.27. The fraction of sp³-hybridized carbons (Fsp3) is 0.125. The Kier molecular flexibility index (Phi) is 3.33. The van der Waals surface area contributed by atoms with Gasteiger partial charge in [-0.3, -0.25) is 13.8 Å². The smallest absolute Gasteiger partial charge is 0.282 e. The van der Waals surface area contributed by atoms with E-state index in [0.717, 1.165) is 6.07 Å². The molecule has 0 aromatic heterocycles. The van der Waals surface area contributed by atoms with E-state index in [0.29, 0.717) is 4.42 Å². The summed E-state index contributed by atoms with van der Waals surface area (Å²) < 4.78 is 31.4. The lowest BCUT2D eigenvalue weighted by atomic mass is 10.2. The minimum atomic E-state index is -4.42. The van der Waals surface area contributed by atoms with Crippen molar-refractivity contribution in [2.24, 2.45) is 0 Å². The number of amides is 1. The first-order valence-electron chi connectivity index (χ1n) is 3.84. The van der Waals surface area contributed by atoms with E-state index in [1.54, 1.807) is 0 Å². The van der Waals surface area contributed by atoms with Gasteiger partial charge in [-0.15, -0.1) is 0 Å². The van der Waals surface area contributed by atoms with Crippen LogP contribution in [0, 0.1) is 0 Å². The van der Waals surface area contributed by atoms with Gasteiger partial charge in [-0.2, -0.15) is 8.42 Å². The molecule has 0 unspecified atom stereocenters. The molecule has 0 fully saturated rings. The van der Waals surface area contributed by atoms with E-state index < -0.39 is 20.9 Å². The van der Waals surface area contributed by atoms with Crippen molar-refractivity contribution in [2.75, 3.05) is 7.05 Å². The molecule has 0 aliphatic rings. The van der Waals surface area contributed by atoms with E-state index in [-0.39, 0.29) is 5.56 Å². The molecule has 0 heterocycles. The molecule has 7 heteroatoms. The minimum Gasteiger partial charge on any atom is -0.282 e. The van der Waals surface area contributed by atoms with Crippen molar-refractivity contribution >= 4 is 27.8 Å². The number of benzene rings is 1. The maximum atomic E-state index is 11.4. The van der Waals surface area contributed by atoms with Crippen LogP contribution in [0.25, 0.3) is 0 Å². The number of carbonyl (C=O) groups is 1. The zero-order valence-electron chi connectivity index (χ0n) is 7.71. The molecule has 1 N–H and O–H groups in total. The highest BCUT2D eigenvalue weighted by atomic mass is 35.5. The van der Waals surface area contributed by atoms with Crippen LogP contribution in [-0.4, -0.2) is 30.3 Å². The van der Waals surface area contributed by atoms with Crippen molar-refractivity contribution in [3.63, 3.8) is 0 Å². The van der Waals surface area contributed by atoms with E-state index in [4.69, 9.17) is 16.3 Å². The van der Waals surface area contributed by atoms with Gasteiger partial charge in [0.1, 0.15) is 4.90 Å². The van der Waals surface area contributed by atoms with Crippen LogP contribution in [0.1, 0.15) is 10.4 Å². The van der Waals surface area contributed by atoms with Crippen molar-refractivity contribution in [1.82, 2.24) is 4.42 Å². The second kappa shape index (κ2) is 4.18. The first-order chi connectivity index (χ1) is 6.84. The third-order valence-corrected chi connectivity index (χ3v) is 2.74. The van der Waals surface area contributed by atoms with Gasteiger partial charge >= 0.3 is 0 Å². The van der Waals surface area contributed by atoms with Gasteiger partial charge in [-0.25, -0.2) is 0 Å². The molecule has 15 heavy (non-hydrogen) atoms. The van der Waals surface area contributed by atoms with E-state index in [1.165, 1.54) is 25.2 Å². The van der Waals surface area contributed by atoms with Crippen LogP contribution in [0.15, 0.2) is 29.2 Å². The van der Waals surface area contributed by atoms with E-state index >= 15 is 0 Å². The van der Waals surface area contributed by atoms with Gasteiger partial charge in [0.05, 0.1) is 5.56 Å². The lowest BCUT2D eigenvalue weighted by Gasteiger charge is -2.09. The highest BCUT2D eigenvalue weighted by molar-refractivity contribution is 7.86. The quantitative estimate of drug-likeness (QED) is 0.630. The summed E-state index contributed by atoms with van der Waals surface area (Å²) in [4.78, 5) is 11.0. The highest BCUT2D eigenvalue weighted by Crippen LogP contribution is 2.17. The fourth-order valence-electron chi connectivity index (χ4n) is 1.03. The molecule has 5 nitrogen and oxygen atoms in total. The molecule has 0 aliphatic heterocycles. The van der Waals surface area contributed by atoms with Crippen molar-refractivity contribution in [1.29, 1.82) is 0 Å². The minimum absolute atomic E-state index is 0.169. The molecular weight excluding hydrogens is 242 g/mol. The Morgan fingerprint density at radius 3 is 2.40 bits per heavy atom. The largest absolute Gasteiger partial charge is 0.295 e. The van der Waals surface area contributed by atoms with Crippen LogP contribution >= 0.6 is 11.8 Å². The van der Waals surface area contributed by atoms with E-state index in [9.17, 15) is 13.2 Å². The van der Waals surface area contributed by atoms with Gasteiger partial charge in [-0.1, -0.05) is 12.1 Å². The molecule has 0 atom stereocenters. The normalized spacial score (nSPS) is 11.1. The number of nitrogens with zero attached hydrogens (tertiary/aromatic N) is 1. The molecule has 0 saturated carbocycles. The summed E-state index contributed by atoms with van der Waals surface area (Å²) in [6.45, 7) is 0. The standard InChI is InChI=1S/C8H8ClNO4S/c1-10(9)8(11)6-4-2-3-5-7(6)15(12,13)14/h2-5H,1H3,(H,12,13,14). The number of hydrogen-bond donors (Lipinski definition) is 1. The Balaban J connectivity index is 3.38. The van der Waals surface area contributed by atoms with Crippen LogP contribution < -0.4 is 0 Å². The molecule has 0 saturated heterocycles. The van der Waals surface area contributed by atoms with Gasteiger partial charge in [0.2, 0.25) is 0 Å². The van der Waals surface area contributed by atoms with Gasteiger partial charge in [0.15, 0.2) is 0 Å². The summed E-state index contributed by atoms with van der Waals surface area (Å²) in [5, 5.41) is 0. The van der Waals surface area contributed by atoms with Crippen LogP contribution in [0.3, 0.4) is 0 Å². The van der Waals surface area contributed by atoms with Crippen molar-refractivity contribution in [2.45, 2.75) is 4.90 Å². The zero-order chi connectivity index (χ0) is 11.6. The second-order valence-electron chi connectivity index (χ2n) is 2.75. The summed E-state index contributed by atoms with van der Waals surface area (Å²) in [7, 11) is -3.15. The fourth-order valence-corrected chi connectivity index (χ4v) is 1.81. The summed E-state index contributed by atoms with van der Waals surface area (Å²) in [6.07, 6.45) is 0. The summed E-state index contributed by atoms with van der Waals surface area (Å²) >= 11 is 5.39. The number of rotatable bonds is 2. The molecular formula is C8H8ClNO4S. The van der Waals surface area contributed by atoms with E-state index in [1.807, 2.05) is 0 Å². The third kappa shape index (κ3) is 2.68. The molecule has 0 radical (unpaired) electrons. The monoisotopic (exact) mass is 249 g/mol. The molecule has 1 aromatic rings. The lowest BCUT2D eigenvalue weighted by molar-refractivity contribution is 0.0881. The molecule has 0 aliphatic carbocycles. The van der Waals surface area contributed by atoms with Crippen LogP contribution in [-0.2, 0) is 10.1 Å². The molecule has 0 spiro atoms. The molecule has 82 valence electrons. The van der Waals surface area contributed by atoms with Crippen molar-refractivity contribution < 1.29 is 17.8 Å². The maximum absolute atomic E-state index is 11.4. The second-order valence-corrected chi connectivity index (χ2v) is 4.65. The maximum Gasteiger partial charge on any atom is 0.295 e. The van der Waals surface area contributed by atoms with Crippen LogP contribution in [0.4, 0.5) is 0 Å². The molecule has 1 rings (SSSR count). The number of halogens is 1. The van der Waals surface area contributed by atoms with Gasteiger partial charge in [0, 0.05) is 18.8 Å². The van der Waals surface area contributed by atoms with Crippen molar-refractivity contribution in [3.8, 4) is 0 Å². The average Bonchev–Trinajstić information content (AvgIpc) is 2.15. The Bertz CT molecular complexity index is 483. The zero-order valence-corrected chi connectivity index (χ0v) is 9.29. The molecule has 1 amide bonds. The van der Waals surface area contributed by atoms with E-state index in [2.05, 4.69) is 0 Å². The third-order valence-electron chi connectivity index (χ3n) is 1.68. The van der Waals surface area contributed by atoms with Gasteiger partial charge < -0.3 is 0 Å². The Morgan fingerprint density at radius 1 is 1.40 bits per heavy atom. The average molecular weight is 250 g/mol. The SMILES string of the molecule is CN(Cl)C(=O)c1ccccc1S(=O)(=O)O. The number of hydrogen-bond acceptors (Lipinski definition) is 3. The Labute approximate surface area is 92.1 Å². The molecule has 1 aromatic carbocycles. The Hall–Kier alpha value is -1.11. The van der Waals surface area contributed by atoms with Gasteiger partial charge in [0.25, 0.3) is 16.0 Å². The number of carbonyl (C=O) groups excluding carboxylic acids is 1. The van der Waals surface area contributed by atoms with Gasteiger partial charge in [-0.05, 0) is 12.1 Å². The summed E-state index contributed by atoms with van der Waals surface area (Å²) in [5.41, 5.74) is -0.169. The first-order valence-corrected chi connectivity index (χ1v) is 5.62. The van der Waals surface area contributed by atoms with Crippen LogP contribution in [0.2, 0.25) is 0 Å². The van der Waals surface area contributed by atoms with Crippen LogP contribution in [0.5, 0.6) is 0 Å². The highest BCUT2D eigenvalue weighted by Gasteiger charge is 2.21. The van der Waals surface area contributed by atoms with Crippen molar-refractivity contribution in [3.05, 3.63) is 29.8 Å². The first kappa shape index (κ1) is 12.0. The Morgan fingerprint density at radius 2 is 1.93 bits per heavy atom. The lowest BCUT2D eigenvalue weighted by Crippen LogP contribution is -2.19. The summed E-state index contributed by atoms with van der Waals surface area (Å²) in [5.74, 6) is -0.704. The predicted molar refractivity (Wildman–Crippen MR) is 54.2 cm³/mol. The topological polar surface area (TPSA) is 74.7 Å².